The molecule has 0 bridgehead atoms. The second-order valence-electron chi connectivity index (χ2n) is 2.33. The van der Waals surface area contributed by atoms with Gasteiger partial charge in [-0.2, -0.15) is 0 Å². The zero-order valence-corrected chi connectivity index (χ0v) is 8.48. The molecule has 0 radical (unpaired) electrons. The van der Waals surface area contributed by atoms with Gasteiger partial charge in [-0.15, -0.1) is 0 Å². The molecule has 0 atom stereocenters. The normalized spacial score (nSPS) is 10.9. The number of halogens is 2. The van der Waals surface area contributed by atoms with Crippen LogP contribution in [-0.4, -0.2) is 9.97 Å². The van der Waals surface area contributed by atoms with E-state index in [4.69, 9.17) is 16.0 Å². The third kappa shape index (κ3) is 1.21. The molecule has 0 spiro atoms. The number of aromatic nitrogens is 2. The maximum Gasteiger partial charge on any atom is 0.191 e. The van der Waals surface area contributed by atoms with E-state index in [2.05, 4.69) is 25.9 Å². The minimum atomic E-state index is 0.350. The Morgan fingerprint density at radius 2 is 2.25 bits per heavy atom. The maximum atomic E-state index is 5.81. The standard InChI is InChI=1S/C7H4BrClN2O/c1-3-10-4-2-5(8)12-6(4)7(9)11-3/h2H,1H3. The van der Waals surface area contributed by atoms with Crippen molar-refractivity contribution in [1.82, 2.24) is 9.97 Å². The second-order valence-corrected chi connectivity index (χ2v) is 3.47. The predicted molar refractivity (Wildman–Crippen MR) is 49.3 cm³/mol. The van der Waals surface area contributed by atoms with Crippen molar-refractivity contribution in [3.05, 3.63) is 21.7 Å². The van der Waals surface area contributed by atoms with E-state index >= 15 is 0 Å². The number of fused-ring (bicyclic) bond motifs is 1. The first-order chi connectivity index (χ1) is 5.66. The molecule has 0 aliphatic carbocycles. The molecular weight excluding hydrogens is 243 g/mol. The lowest BCUT2D eigenvalue weighted by Crippen LogP contribution is -1.86. The molecule has 0 aliphatic heterocycles. The van der Waals surface area contributed by atoms with Crippen molar-refractivity contribution in [1.29, 1.82) is 0 Å². The highest BCUT2D eigenvalue weighted by Gasteiger charge is 2.08. The van der Waals surface area contributed by atoms with E-state index in [1.807, 2.05) is 0 Å². The van der Waals surface area contributed by atoms with Crippen molar-refractivity contribution in [2.75, 3.05) is 0 Å². The predicted octanol–water partition coefficient (Wildman–Crippen LogP) is 2.95. The summed E-state index contributed by atoms with van der Waals surface area (Å²) < 4.78 is 5.82. The van der Waals surface area contributed by atoms with Crippen molar-refractivity contribution in [3.63, 3.8) is 0 Å². The largest absolute Gasteiger partial charge is 0.444 e. The summed E-state index contributed by atoms with van der Waals surface area (Å²) in [5, 5.41) is 0.350. The molecule has 5 heteroatoms. The van der Waals surface area contributed by atoms with Gasteiger partial charge in [-0.3, -0.25) is 0 Å². The van der Waals surface area contributed by atoms with Gasteiger partial charge < -0.3 is 4.42 Å². The summed E-state index contributed by atoms with van der Waals surface area (Å²) >= 11 is 9.00. The minimum Gasteiger partial charge on any atom is -0.444 e. The summed E-state index contributed by atoms with van der Waals surface area (Å²) in [5.74, 6) is 0.640. The van der Waals surface area contributed by atoms with Crippen LogP contribution in [0.1, 0.15) is 5.82 Å². The molecule has 0 aromatic carbocycles. The molecule has 2 rings (SSSR count). The van der Waals surface area contributed by atoms with Gasteiger partial charge in [-0.1, -0.05) is 11.6 Å². The van der Waals surface area contributed by atoms with Crippen molar-refractivity contribution in [2.24, 2.45) is 0 Å². The SMILES string of the molecule is Cc1nc(Cl)c2oc(Br)cc2n1. The first-order valence-electron chi connectivity index (χ1n) is 3.26. The summed E-state index contributed by atoms with van der Waals surface area (Å²) in [6.45, 7) is 1.78. The number of aryl methyl sites for hydroxylation is 1. The highest BCUT2D eigenvalue weighted by atomic mass is 79.9. The Kier molecular flexibility index (Phi) is 1.81. The van der Waals surface area contributed by atoms with Crippen molar-refractivity contribution in [2.45, 2.75) is 6.92 Å². The Hall–Kier alpha value is -0.610. The first kappa shape index (κ1) is 8.01. The highest BCUT2D eigenvalue weighted by Crippen LogP contribution is 2.26. The Morgan fingerprint density at radius 1 is 1.50 bits per heavy atom. The quantitative estimate of drug-likeness (QED) is 0.672. The van der Waals surface area contributed by atoms with Crippen LogP contribution in [0.2, 0.25) is 5.15 Å². The van der Waals surface area contributed by atoms with Gasteiger partial charge in [0.25, 0.3) is 0 Å². The van der Waals surface area contributed by atoms with E-state index in [1.54, 1.807) is 13.0 Å². The third-order valence-electron chi connectivity index (χ3n) is 1.41. The number of furan rings is 1. The van der Waals surface area contributed by atoms with Gasteiger partial charge >= 0.3 is 0 Å². The molecule has 2 aromatic rings. The third-order valence-corrected chi connectivity index (χ3v) is 2.06. The van der Waals surface area contributed by atoms with Crippen LogP contribution >= 0.6 is 27.5 Å². The minimum absolute atomic E-state index is 0.350. The van der Waals surface area contributed by atoms with E-state index in [1.165, 1.54) is 0 Å². The molecule has 2 heterocycles. The fourth-order valence-electron chi connectivity index (χ4n) is 0.975. The van der Waals surface area contributed by atoms with E-state index in [-0.39, 0.29) is 0 Å². The van der Waals surface area contributed by atoms with Gasteiger partial charge in [0.15, 0.2) is 15.4 Å². The average Bonchev–Trinajstić information content (AvgIpc) is 2.29. The number of rotatable bonds is 0. The fraction of sp³-hybridized carbons (Fsp3) is 0.143. The van der Waals surface area contributed by atoms with Crippen LogP contribution in [0.5, 0.6) is 0 Å². The Labute approximate surface area is 81.9 Å². The molecular formula is C7H4BrClN2O. The second kappa shape index (κ2) is 2.71. The topological polar surface area (TPSA) is 38.9 Å². The van der Waals surface area contributed by atoms with E-state index in [0.29, 0.717) is 21.2 Å². The summed E-state index contributed by atoms with van der Waals surface area (Å²) in [7, 11) is 0. The first-order valence-corrected chi connectivity index (χ1v) is 4.43. The van der Waals surface area contributed by atoms with Gasteiger partial charge in [0.1, 0.15) is 11.3 Å². The van der Waals surface area contributed by atoms with Crippen LogP contribution in [0.3, 0.4) is 0 Å². The fourth-order valence-corrected chi connectivity index (χ4v) is 1.61. The van der Waals surface area contributed by atoms with Crippen molar-refractivity contribution in [3.8, 4) is 0 Å². The van der Waals surface area contributed by atoms with Crippen LogP contribution in [0, 0.1) is 6.92 Å². The Balaban J connectivity index is 2.88. The lowest BCUT2D eigenvalue weighted by molar-refractivity contribution is 0.585. The summed E-state index contributed by atoms with van der Waals surface area (Å²) in [6, 6.07) is 1.76. The van der Waals surface area contributed by atoms with Gasteiger partial charge in [-0.05, 0) is 22.9 Å². The molecule has 0 saturated carbocycles. The molecule has 2 aromatic heterocycles. The Bertz CT molecular complexity index is 440. The smallest absolute Gasteiger partial charge is 0.191 e. The number of nitrogens with zero attached hydrogens (tertiary/aromatic N) is 2. The van der Waals surface area contributed by atoms with Crippen molar-refractivity contribution < 1.29 is 4.42 Å². The van der Waals surface area contributed by atoms with Crippen LogP contribution < -0.4 is 0 Å². The number of hydrogen-bond donors (Lipinski definition) is 0. The molecule has 0 aliphatic rings. The van der Waals surface area contributed by atoms with Gasteiger partial charge in [0.2, 0.25) is 0 Å². The van der Waals surface area contributed by atoms with Crippen LogP contribution in [0.25, 0.3) is 11.1 Å². The molecule has 12 heavy (non-hydrogen) atoms. The Morgan fingerprint density at radius 3 is 3.00 bits per heavy atom. The highest BCUT2D eigenvalue weighted by molar-refractivity contribution is 9.10. The van der Waals surface area contributed by atoms with Crippen LogP contribution in [-0.2, 0) is 0 Å². The summed E-state index contributed by atoms with van der Waals surface area (Å²) in [4.78, 5) is 8.09. The van der Waals surface area contributed by atoms with E-state index < -0.39 is 0 Å². The monoisotopic (exact) mass is 246 g/mol. The summed E-state index contributed by atoms with van der Waals surface area (Å²) in [5.41, 5.74) is 1.24. The lowest BCUT2D eigenvalue weighted by Gasteiger charge is -1.92. The van der Waals surface area contributed by atoms with Crippen molar-refractivity contribution >= 4 is 38.6 Å². The maximum absolute atomic E-state index is 5.81. The number of hydrogen-bond acceptors (Lipinski definition) is 3. The average molecular weight is 247 g/mol. The molecule has 3 nitrogen and oxygen atoms in total. The molecule has 0 unspecified atom stereocenters. The van der Waals surface area contributed by atoms with Crippen LogP contribution in [0.4, 0.5) is 0 Å². The molecule has 0 saturated heterocycles. The van der Waals surface area contributed by atoms with Gasteiger partial charge in [0, 0.05) is 6.07 Å². The van der Waals surface area contributed by atoms with E-state index in [0.717, 1.165) is 5.52 Å². The molecule has 62 valence electrons. The molecule has 0 amide bonds. The summed E-state index contributed by atoms with van der Waals surface area (Å²) in [6.07, 6.45) is 0. The molecule has 0 fully saturated rings. The lowest BCUT2D eigenvalue weighted by atomic mass is 10.4. The van der Waals surface area contributed by atoms with Gasteiger partial charge in [-0.25, -0.2) is 9.97 Å². The molecule has 0 N–H and O–H groups in total. The van der Waals surface area contributed by atoms with Gasteiger partial charge in [0.05, 0.1) is 0 Å². The van der Waals surface area contributed by atoms with Crippen LogP contribution in [0.15, 0.2) is 15.2 Å². The van der Waals surface area contributed by atoms with E-state index in [9.17, 15) is 0 Å². The zero-order chi connectivity index (χ0) is 8.72. The zero-order valence-electron chi connectivity index (χ0n) is 6.14.